The van der Waals surface area contributed by atoms with Gasteiger partial charge in [-0.1, -0.05) is 19.4 Å². The Morgan fingerprint density at radius 2 is 2.05 bits per heavy atom. The molecule has 0 aliphatic heterocycles. The van der Waals surface area contributed by atoms with E-state index in [9.17, 15) is 0 Å². The SMILES string of the molecule is CCCCOCCCn1nnnc1-c1cc(N)ccc1C. The minimum Gasteiger partial charge on any atom is -0.399 e. The molecule has 0 aliphatic rings. The quantitative estimate of drug-likeness (QED) is 0.596. The Hall–Kier alpha value is -1.95. The second-order valence-corrected chi connectivity index (χ2v) is 5.12. The van der Waals surface area contributed by atoms with Crippen LogP contribution in [0.1, 0.15) is 31.7 Å². The molecule has 6 heteroatoms. The molecule has 0 aliphatic carbocycles. The van der Waals surface area contributed by atoms with Gasteiger partial charge in [-0.05, 0) is 47.9 Å². The van der Waals surface area contributed by atoms with E-state index in [4.69, 9.17) is 10.5 Å². The second kappa shape index (κ2) is 7.73. The third kappa shape index (κ3) is 4.26. The minimum absolute atomic E-state index is 0.716. The average Bonchev–Trinajstić information content (AvgIpc) is 2.93. The molecule has 1 aromatic carbocycles. The summed E-state index contributed by atoms with van der Waals surface area (Å²) < 4.78 is 7.37. The molecule has 6 nitrogen and oxygen atoms in total. The van der Waals surface area contributed by atoms with Gasteiger partial charge in [0.15, 0.2) is 5.82 Å². The van der Waals surface area contributed by atoms with Gasteiger partial charge in [0.05, 0.1) is 0 Å². The van der Waals surface area contributed by atoms with Gasteiger partial charge in [-0.2, -0.15) is 0 Å². The zero-order valence-corrected chi connectivity index (χ0v) is 12.7. The molecule has 1 heterocycles. The first kappa shape index (κ1) is 15.4. The molecule has 0 atom stereocenters. The third-order valence-electron chi connectivity index (χ3n) is 3.34. The Morgan fingerprint density at radius 3 is 2.86 bits per heavy atom. The van der Waals surface area contributed by atoms with Gasteiger partial charge in [0, 0.05) is 31.0 Å². The number of rotatable bonds is 8. The van der Waals surface area contributed by atoms with Crippen LogP contribution in [0.2, 0.25) is 0 Å². The molecule has 1 aromatic heterocycles. The fourth-order valence-corrected chi connectivity index (χ4v) is 2.09. The summed E-state index contributed by atoms with van der Waals surface area (Å²) in [6.07, 6.45) is 3.16. The zero-order valence-electron chi connectivity index (χ0n) is 12.7. The van der Waals surface area contributed by atoms with Crippen molar-refractivity contribution in [3.63, 3.8) is 0 Å². The summed E-state index contributed by atoms with van der Waals surface area (Å²) in [5.74, 6) is 0.758. The van der Waals surface area contributed by atoms with Crippen LogP contribution >= 0.6 is 0 Å². The van der Waals surface area contributed by atoms with Crippen molar-refractivity contribution in [3.05, 3.63) is 23.8 Å². The molecule has 0 fully saturated rings. The van der Waals surface area contributed by atoms with E-state index < -0.39 is 0 Å². The van der Waals surface area contributed by atoms with Crippen molar-refractivity contribution in [1.82, 2.24) is 20.2 Å². The molecule has 0 bridgehead atoms. The molecule has 21 heavy (non-hydrogen) atoms. The largest absolute Gasteiger partial charge is 0.399 e. The van der Waals surface area contributed by atoms with Crippen molar-refractivity contribution >= 4 is 5.69 Å². The average molecular weight is 289 g/mol. The number of benzene rings is 1. The summed E-state index contributed by atoms with van der Waals surface area (Å²) in [6, 6.07) is 5.78. The Morgan fingerprint density at radius 1 is 1.24 bits per heavy atom. The Kier molecular flexibility index (Phi) is 5.68. The smallest absolute Gasteiger partial charge is 0.182 e. The van der Waals surface area contributed by atoms with Crippen molar-refractivity contribution in [1.29, 1.82) is 0 Å². The first-order chi connectivity index (χ1) is 10.2. The number of aromatic nitrogens is 4. The summed E-state index contributed by atoms with van der Waals surface area (Å²) in [4.78, 5) is 0. The summed E-state index contributed by atoms with van der Waals surface area (Å²) >= 11 is 0. The van der Waals surface area contributed by atoms with Crippen LogP contribution in [-0.4, -0.2) is 33.4 Å². The standard InChI is InChI=1S/C15H23N5O/c1-3-4-9-21-10-5-8-20-15(17-18-19-20)14-11-13(16)7-6-12(14)2/h6-7,11H,3-5,8-10,16H2,1-2H3. The Balaban J connectivity index is 1.97. The third-order valence-corrected chi connectivity index (χ3v) is 3.34. The highest BCUT2D eigenvalue weighted by atomic mass is 16.5. The Bertz CT molecular complexity index is 567. The van der Waals surface area contributed by atoms with Crippen molar-refractivity contribution in [2.75, 3.05) is 18.9 Å². The normalized spacial score (nSPS) is 11.0. The number of aryl methyl sites for hydroxylation is 2. The van der Waals surface area contributed by atoms with Crippen molar-refractivity contribution in [3.8, 4) is 11.4 Å². The highest BCUT2D eigenvalue weighted by molar-refractivity contribution is 5.65. The Labute approximate surface area is 125 Å². The number of unbranched alkanes of at least 4 members (excludes halogenated alkanes) is 1. The van der Waals surface area contributed by atoms with Crippen LogP contribution < -0.4 is 5.73 Å². The maximum absolute atomic E-state index is 5.85. The van der Waals surface area contributed by atoms with Gasteiger partial charge in [-0.25, -0.2) is 4.68 Å². The second-order valence-electron chi connectivity index (χ2n) is 5.12. The number of anilines is 1. The van der Waals surface area contributed by atoms with E-state index in [1.807, 2.05) is 29.8 Å². The van der Waals surface area contributed by atoms with E-state index in [0.717, 1.165) is 56.0 Å². The summed E-state index contributed by atoms with van der Waals surface area (Å²) in [5.41, 5.74) is 8.66. The predicted molar refractivity (Wildman–Crippen MR) is 82.7 cm³/mol. The first-order valence-corrected chi connectivity index (χ1v) is 7.42. The first-order valence-electron chi connectivity index (χ1n) is 7.42. The molecule has 0 saturated carbocycles. The number of ether oxygens (including phenoxy) is 1. The van der Waals surface area contributed by atoms with Crippen LogP contribution in [0.25, 0.3) is 11.4 Å². The van der Waals surface area contributed by atoms with Crippen LogP contribution in [0, 0.1) is 6.92 Å². The summed E-state index contributed by atoms with van der Waals surface area (Å²) in [7, 11) is 0. The van der Waals surface area contributed by atoms with Crippen LogP contribution in [0.15, 0.2) is 18.2 Å². The summed E-state index contributed by atoms with van der Waals surface area (Å²) in [5, 5.41) is 12.0. The minimum atomic E-state index is 0.716. The summed E-state index contributed by atoms with van der Waals surface area (Å²) in [6.45, 7) is 6.48. The molecular formula is C15H23N5O. The predicted octanol–water partition coefficient (Wildman–Crippen LogP) is 2.44. The van der Waals surface area contributed by atoms with Gasteiger partial charge < -0.3 is 10.5 Å². The van der Waals surface area contributed by atoms with E-state index in [1.165, 1.54) is 0 Å². The fraction of sp³-hybridized carbons (Fsp3) is 0.533. The lowest BCUT2D eigenvalue weighted by molar-refractivity contribution is 0.125. The fourth-order valence-electron chi connectivity index (χ4n) is 2.09. The van der Waals surface area contributed by atoms with E-state index in [-0.39, 0.29) is 0 Å². The number of nitrogens with zero attached hydrogens (tertiary/aromatic N) is 4. The van der Waals surface area contributed by atoms with E-state index in [0.29, 0.717) is 5.69 Å². The maximum Gasteiger partial charge on any atom is 0.182 e. The number of nitrogens with two attached hydrogens (primary N) is 1. The zero-order chi connectivity index (χ0) is 15.1. The molecular weight excluding hydrogens is 266 g/mol. The lowest BCUT2D eigenvalue weighted by atomic mass is 10.1. The van der Waals surface area contributed by atoms with Crippen LogP contribution in [0.4, 0.5) is 5.69 Å². The van der Waals surface area contributed by atoms with Gasteiger partial charge in [0.25, 0.3) is 0 Å². The lowest BCUT2D eigenvalue weighted by Crippen LogP contribution is -2.07. The van der Waals surface area contributed by atoms with Crippen molar-refractivity contribution in [2.24, 2.45) is 0 Å². The van der Waals surface area contributed by atoms with E-state index in [2.05, 4.69) is 22.4 Å². The molecule has 2 N–H and O–H groups in total. The number of hydrogen-bond donors (Lipinski definition) is 1. The molecule has 0 spiro atoms. The van der Waals surface area contributed by atoms with Crippen LogP contribution in [0.5, 0.6) is 0 Å². The van der Waals surface area contributed by atoms with E-state index in [1.54, 1.807) is 0 Å². The highest BCUT2D eigenvalue weighted by Gasteiger charge is 2.11. The molecule has 114 valence electrons. The van der Waals surface area contributed by atoms with Crippen LogP contribution in [0.3, 0.4) is 0 Å². The van der Waals surface area contributed by atoms with Crippen molar-refractivity contribution < 1.29 is 4.74 Å². The van der Waals surface area contributed by atoms with Gasteiger partial charge in [-0.3, -0.25) is 0 Å². The van der Waals surface area contributed by atoms with Gasteiger partial charge in [0.1, 0.15) is 0 Å². The monoisotopic (exact) mass is 289 g/mol. The van der Waals surface area contributed by atoms with Gasteiger partial charge >= 0.3 is 0 Å². The topological polar surface area (TPSA) is 78.8 Å². The number of tetrazole rings is 1. The molecule has 0 amide bonds. The number of hydrogen-bond acceptors (Lipinski definition) is 5. The highest BCUT2D eigenvalue weighted by Crippen LogP contribution is 2.23. The maximum atomic E-state index is 5.85. The van der Waals surface area contributed by atoms with Crippen LogP contribution in [-0.2, 0) is 11.3 Å². The van der Waals surface area contributed by atoms with Crippen molar-refractivity contribution in [2.45, 2.75) is 39.7 Å². The van der Waals surface area contributed by atoms with Gasteiger partial charge in [0.2, 0.25) is 0 Å². The molecule has 0 unspecified atom stereocenters. The van der Waals surface area contributed by atoms with E-state index >= 15 is 0 Å². The molecule has 0 radical (unpaired) electrons. The molecule has 2 aromatic rings. The molecule has 2 rings (SSSR count). The molecule has 0 saturated heterocycles. The lowest BCUT2D eigenvalue weighted by Gasteiger charge is -2.08. The number of nitrogen functional groups attached to an aromatic ring is 1. The van der Waals surface area contributed by atoms with Gasteiger partial charge in [-0.15, -0.1) is 5.10 Å².